The maximum atomic E-state index is 13.2. The molecule has 0 bridgehead atoms. The van der Waals surface area contributed by atoms with Crippen molar-refractivity contribution in [3.63, 3.8) is 0 Å². The van der Waals surface area contributed by atoms with Crippen LogP contribution in [0, 0.1) is 5.92 Å². The van der Waals surface area contributed by atoms with E-state index in [-0.39, 0.29) is 12.1 Å². The number of carbonyl (C=O) groups excluding carboxylic acids is 1. The molecule has 12 heteroatoms. The van der Waals surface area contributed by atoms with Gasteiger partial charge in [-0.05, 0) is 77.3 Å². The van der Waals surface area contributed by atoms with Crippen molar-refractivity contribution in [1.29, 1.82) is 0 Å². The number of aromatic nitrogens is 6. The van der Waals surface area contributed by atoms with Crippen molar-refractivity contribution in [3.05, 3.63) is 42.6 Å². The second kappa shape index (κ2) is 11.6. The van der Waals surface area contributed by atoms with Gasteiger partial charge in [0.25, 0.3) is 0 Å². The van der Waals surface area contributed by atoms with Crippen LogP contribution in [0.1, 0.15) is 65.0 Å². The molecular formula is C32H43N9O3. The van der Waals surface area contributed by atoms with Gasteiger partial charge in [0, 0.05) is 32.7 Å². The number of carbonyl (C=O) groups is 1. The van der Waals surface area contributed by atoms with Crippen LogP contribution in [0.5, 0.6) is 0 Å². The van der Waals surface area contributed by atoms with E-state index in [1.807, 2.05) is 48.9 Å². The second-order valence-electron chi connectivity index (χ2n) is 13.7. The molecule has 4 aliphatic rings. The topological polar surface area (TPSA) is 115 Å². The summed E-state index contributed by atoms with van der Waals surface area (Å²) in [7, 11) is 0. The van der Waals surface area contributed by atoms with E-state index in [2.05, 4.69) is 37.2 Å². The molecular weight excluding hydrogens is 558 g/mol. The average Bonchev–Trinajstić information content (AvgIpc) is 3.41. The van der Waals surface area contributed by atoms with Gasteiger partial charge in [-0.15, -0.1) is 5.10 Å². The average molecular weight is 602 g/mol. The Labute approximate surface area is 258 Å². The molecule has 1 atom stereocenters. The van der Waals surface area contributed by atoms with Gasteiger partial charge in [-0.1, -0.05) is 5.21 Å². The van der Waals surface area contributed by atoms with Gasteiger partial charge >= 0.3 is 6.09 Å². The Morgan fingerprint density at radius 3 is 2.50 bits per heavy atom. The fourth-order valence-corrected chi connectivity index (χ4v) is 6.42. The molecule has 1 amide bonds. The first kappa shape index (κ1) is 28.9. The molecule has 6 heterocycles. The molecule has 4 fully saturated rings. The molecule has 0 N–H and O–H groups in total. The third-order valence-electron chi connectivity index (χ3n) is 9.13. The van der Waals surface area contributed by atoms with Crippen molar-refractivity contribution in [2.75, 3.05) is 55.7 Å². The van der Waals surface area contributed by atoms with Crippen LogP contribution in [0.3, 0.4) is 0 Å². The number of ether oxygens (including phenoxy) is 2. The van der Waals surface area contributed by atoms with Crippen molar-refractivity contribution in [2.45, 2.75) is 76.5 Å². The highest BCUT2D eigenvalue weighted by atomic mass is 16.6. The van der Waals surface area contributed by atoms with Gasteiger partial charge < -0.3 is 24.2 Å². The SMILES string of the molecule is CC(C)(C)OC(=O)N(CC1CC1)[C@@H]1CCCN(c2ccc(C3(n4cc(-c5cncc(N6CCCC6)n5)nn4)COC3)nc2)C1. The molecule has 0 spiro atoms. The van der Waals surface area contributed by atoms with E-state index >= 15 is 0 Å². The molecule has 3 aromatic heterocycles. The van der Waals surface area contributed by atoms with Crippen LogP contribution in [0.4, 0.5) is 16.3 Å². The van der Waals surface area contributed by atoms with Crippen LogP contribution in [-0.4, -0.2) is 98.5 Å². The first-order chi connectivity index (χ1) is 21.3. The van der Waals surface area contributed by atoms with E-state index in [9.17, 15) is 4.79 Å². The highest BCUT2D eigenvalue weighted by Crippen LogP contribution is 2.35. The molecule has 234 valence electrons. The zero-order chi connectivity index (χ0) is 30.3. The quantitative estimate of drug-likeness (QED) is 0.374. The highest BCUT2D eigenvalue weighted by molar-refractivity contribution is 5.69. The van der Waals surface area contributed by atoms with Gasteiger partial charge in [-0.3, -0.25) is 9.97 Å². The minimum atomic E-state index is -0.522. The molecule has 1 aliphatic carbocycles. The van der Waals surface area contributed by atoms with Gasteiger partial charge in [0.05, 0.1) is 55.4 Å². The fourth-order valence-electron chi connectivity index (χ4n) is 6.42. The summed E-state index contributed by atoms with van der Waals surface area (Å²) in [6.07, 6.45) is 14.0. The maximum Gasteiger partial charge on any atom is 0.410 e. The van der Waals surface area contributed by atoms with Crippen LogP contribution < -0.4 is 9.80 Å². The van der Waals surface area contributed by atoms with E-state index in [1.54, 1.807) is 6.20 Å². The standard InChI is InChI=1S/C32H43N9O3/c1-31(2,3)44-30(42)40(18-23-8-9-23)25-7-6-14-39(19-25)24-10-11-28(34-15-24)32(21-43-22-32)41-20-27(36-37-41)26-16-33-17-29(35-26)38-12-4-5-13-38/h10-11,15-17,20,23,25H,4-9,12-14,18-19,21-22H2,1-3H3/t25-/m1/s1. The summed E-state index contributed by atoms with van der Waals surface area (Å²) in [6.45, 7) is 11.2. The van der Waals surface area contributed by atoms with Crippen molar-refractivity contribution in [1.82, 2.24) is 34.8 Å². The summed E-state index contributed by atoms with van der Waals surface area (Å²) in [6, 6.07) is 4.32. The third kappa shape index (κ3) is 5.96. The normalized spacial score (nSPS) is 21.7. The van der Waals surface area contributed by atoms with Crippen LogP contribution in [0.2, 0.25) is 0 Å². The van der Waals surface area contributed by atoms with Crippen LogP contribution in [0.25, 0.3) is 11.4 Å². The predicted molar refractivity (Wildman–Crippen MR) is 166 cm³/mol. The molecule has 0 aromatic carbocycles. The van der Waals surface area contributed by atoms with E-state index in [0.29, 0.717) is 30.5 Å². The van der Waals surface area contributed by atoms with Crippen LogP contribution in [-0.2, 0) is 15.0 Å². The molecule has 12 nitrogen and oxygen atoms in total. The Balaban J connectivity index is 1.06. The zero-order valence-electron chi connectivity index (χ0n) is 26.1. The number of hydrogen-bond acceptors (Lipinski definition) is 10. The molecule has 7 rings (SSSR count). The molecule has 3 aliphatic heterocycles. The van der Waals surface area contributed by atoms with E-state index in [1.165, 1.54) is 25.7 Å². The number of nitrogens with zero attached hydrogens (tertiary/aromatic N) is 9. The Kier molecular flexibility index (Phi) is 7.63. The summed E-state index contributed by atoms with van der Waals surface area (Å²) < 4.78 is 13.4. The summed E-state index contributed by atoms with van der Waals surface area (Å²) >= 11 is 0. The number of anilines is 2. The van der Waals surface area contributed by atoms with Gasteiger partial charge in [0.15, 0.2) is 5.54 Å². The van der Waals surface area contributed by atoms with E-state index < -0.39 is 11.1 Å². The monoisotopic (exact) mass is 601 g/mol. The Morgan fingerprint density at radius 2 is 1.82 bits per heavy atom. The lowest BCUT2D eigenvalue weighted by atomic mass is 9.92. The number of amides is 1. The number of pyridine rings is 1. The molecule has 3 saturated heterocycles. The van der Waals surface area contributed by atoms with Gasteiger partial charge in [0.2, 0.25) is 0 Å². The van der Waals surface area contributed by atoms with Gasteiger partial charge in [0.1, 0.15) is 22.8 Å². The zero-order valence-corrected chi connectivity index (χ0v) is 26.1. The summed E-state index contributed by atoms with van der Waals surface area (Å²) in [4.78, 5) is 34.0. The lowest BCUT2D eigenvalue weighted by molar-refractivity contribution is -0.0851. The van der Waals surface area contributed by atoms with Gasteiger partial charge in [-0.25, -0.2) is 14.5 Å². The Hall–Kier alpha value is -3.80. The Bertz CT molecular complexity index is 1460. The van der Waals surface area contributed by atoms with Crippen LogP contribution in [0.15, 0.2) is 36.9 Å². The molecule has 3 aromatic rings. The number of rotatable bonds is 8. The fraction of sp³-hybridized carbons (Fsp3) is 0.625. The van der Waals surface area contributed by atoms with Crippen molar-refractivity contribution in [2.24, 2.45) is 5.92 Å². The molecule has 1 saturated carbocycles. The molecule has 44 heavy (non-hydrogen) atoms. The van der Waals surface area contributed by atoms with Crippen molar-refractivity contribution < 1.29 is 14.3 Å². The maximum absolute atomic E-state index is 13.2. The summed E-state index contributed by atoms with van der Waals surface area (Å²) in [5.74, 6) is 1.48. The lowest BCUT2D eigenvalue weighted by Gasteiger charge is -2.42. The second-order valence-corrected chi connectivity index (χ2v) is 13.7. The Morgan fingerprint density at radius 1 is 1.02 bits per heavy atom. The number of piperidine rings is 1. The largest absolute Gasteiger partial charge is 0.444 e. The number of hydrogen-bond donors (Lipinski definition) is 0. The summed E-state index contributed by atoms with van der Waals surface area (Å²) in [5.41, 5.74) is 2.30. The first-order valence-electron chi connectivity index (χ1n) is 16.1. The molecule has 0 radical (unpaired) electrons. The van der Waals surface area contributed by atoms with E-state index in [4.69, 9.17) is 19.4 Å². The van der Waals surface area contributed by atoms with E-state index in [0.717, 1.165) is 62.8 Å². The predicted octanol–water partition coefficient (Wildman–Crippen LogP) is 4.12. The third-order valence-corrected chi connectivity index (χ3v) is 9.13. The van der Waals surface area contributed by atoms with Crippen molar-refractivity contribution in [3.8, 4) is 11.4 Å². The minimum absolute atomic E-state index is 0.117. The molecule has 0 unspecified atom stereocenters. The summed E-state index contributed by atoms with van der Waals surface area (Å²) in [5, 5.41) is 8.97. The van der Waals surface area contributed by atoms with Crippen molar-refractivity contribution >= 4 is 17.6 Å². The van der Waals surface area contributed by atoms with Gasteiger partial charge in [-0.2, -0.15) is 0 Å². The smallest absolute Gasteiger partial charge is 0.410 e. The first-order valence-corrected chi connectivity index (χ1v) is 16.1. The lowest BCUT2D eigenvalue weighted by Crippen LogP contribution is -2.53. The highest BCUT2D eigenvalue weighted by Gasteiger charge is 2.45. The minimum Gasteiger partial charge on any atom is -0.444 e. The van der Waals surface area contributed by atoms with Crippen LogP contribution >= 0.6 is 0 Å².